The molecule has 0 radical (unpaired) electrons. The maximum Gasteiger partial charge on any atom is 0.242 e. The third-order valence-corrected chi connectivity index (χ3v) is 4.47. The van der Waals surface area contributed by atoms with E-state index in [1.807, 2.05) is 45.0 Å². The molecule has 0 aliphatic heterocycles. The maximum absolute atomic E-state index is 12.4. The van der Waals surface area contributed by atoms with Crippen LogP contribution in [0.5, 0.6) is 0 Å². The molecule has 0 bridgehead atoms. The van der Waals surface area contributed by atoms with E-state index in [9.17, 15) is 9.59 Å². The number of carbonyl (C=O) groups excluding carboxylic acids is 2. The van der Waals surface area contributed by atoms with Crippen molar-refractivity contribution in [2.24, 2.45) is 11.7 Å². The SMILES string of the molecule is CC(C)[C@H](N)C(=O)NCC(=O)N(C)C(C)c1ccc(-n2cncn2)cc1.Cl. The second kappa shape index (κ2) is 10.0. The summed E-state index contributed by atoms with van der Waals surface area (Å²) in [6, 6.07) is 6.97. The van der Waals surface area contributed by atoms with Gasteiger partial charge in [0, 0.05) is 7.05 Å². The molecule has 27 heavy (non-hydrogen) atoms. The fourth-order valence-corrected chi connectivity index (χ4v) is 2.39. The van der Waals surface area contributed by atoms with E-state index >= 15 is 0 Å². The van der Waals surface area contributed by atoms with E-state index in [1.54, 1.807) is 23.0 Å². The predicted molar refractivity (Wildman–Crippen MR) is 106 cm³/mol. The molecule has 1 aromatic heterocycles. The van der Waals surface area contributed by atoms with Crippen LogP contribution in [0.25, 0.3) is 5.69 Å². The number of likely N-dealkylation sites (N-methyl/N-ethyl adjacent to an activating group) is 1. The van der Waals surface area contributed by atoms with Crippen molar-refractivity contribution in [3.05, 3.63) is 42.5 Å². The number of nitrogens with one attached hydrogen (secondary N) is 1. The molecule has 1 aromatic carbocycles. The molecule has 148 valence electrons. The fraction of sp³-hybridized carbons (Fsp3) is 0.444. The minimum atomic E-state index is -0.616. The molecule has 0 saturated carbocycles. The van der Waals surface area contributed by atoms with Crippen LogP contribution in [0, 0.1) is 5.92 Å². The molecule has 2 aromatic rings. The lowest BCUT2D eigenvalue weighted by molar-refractivity contribution is -0.133. The summed E-state index contributed by atoms with van der Waals surface area (Å²) in [6.07, 6.45) is 3.10. The summed E-state index contributed by atoms with van der Waals surface area (Å²) < 4.78 is 1.66. The van der Waals surface area contributed by atoms with Crippen molar-refractivity contribution in [1.29, 1.82) is 0 Å². The lowest BCUT2D eigenvalue weighted by Crippen LogP contribution is -2.47. The zero-order chi connectivity index (χ0) is 19.3. The fourth-order valence-electron chi connectivity index (χ4n) is 2.39. The number of nitrogens with two attached hydrogens (primary N) is 1. The van der Waals surface area contributed by atoms with Gasteiger partial charge in [0.05, 0.1) is 24.3 Å². The molecular formula is C18H27ClN6O2. The maximum atomic E-state index is 12.4. The Hall–Kier alpha value is -2.45. The van der Waals surface area contributed by atoms with Gasteiger partial charge in [-0.15, -0.1) is 12.4 Å². The van der Waals surface area contributed by atoms with Crippen molar-refractivity contribution in [3.63, 3.8) is 0 Å². The van der Waals surface area contributed by atoms with Gasteiger partial charge in [-0.1, -0.05) is 26.0 Å². The monoisotopic (exact) mass is 394 g/mol. The van der Waals surface area contributed by atoms with Crippen LogP contribution < -0.4 is 11.1 Å². The zero-order valence-corrected chi connectivity index (χ0v) is 16.8. The van der Waals surface area contributed by atoms with Crippen molar-refractivity contribution in [2.45, 2.75) is 32.9 Å². The smallest absolute Gasteiger partial charge is 0.242 e. The summed E-state index contributed by atoms with van der Waals surface area (Å²) in [5.74, 6) is -0.473. The van der Waals surface area contributed by atoms with Gasteiger partial charge >= 0.3 is 0 Å². The van der Waals surface area contributed by atoms with E-state index in [4.69, 9.17) is 5.73 Å². The van der Waals surface area contributed by atoms with Crippen LogP contribution in [0.3, 0.4) is 0 Å². The van der Waals surface area contributed by atoms with Crippen LogP contribution in [-0.4, -0.2) is 51.1 Å². The highest BCUT2D eigenvalue weighted by molar-refractivity contribution is 5.87. The zero-order valence-electron chi connectivity index (χ0n) is 16.0. The number of hydrogen-bond donors (Lipinski definition) is 2. The molecule has 0 fully saturated rings. The van der Waals surface area contributed by atoms with Gasteiger partial charge in [0.1, 0.15) is 12.7 Å². The lowest BCUT2D eigenvalue weighted by atomic mass is 10.1. The van der Waals surface area contributed by atoms with Gasteiger partial charge in [0.25, 0.3) is 0 Å². The second-order valence-corrected chi connectivity index (χ2v) is 6.60. The van der Waals surface area contributed by atoms with Gasteiger partial charge in [-0.05, 0) is 30.5 Å². The topological polar surface area (TPSA) is 106 Å². The highest BCUT2D eigenvalue weighted by atomic mass is 35.5. The summed E-state index contributed by atoms with van der Waals surface area (Å²) in [6.45, 7) is 5.59. The molecule has 2 atom stereocenters. The first-order valence-corrected chi connectivity index (χ1v) is 8.55. The Labute approximate surface area is 165 Å². The number of hydrogen-bond acceptors (Lipinski definition) is 5. The molecular weight excluding hydrogens is 368 g/mol. The number of halogens is 1. The molecule has 2 amide bonds. The average molecular weight is 395 g/mol. The van der Waals surface area contributed by atoms with Crippen molar-refractivity contribution in [3.8, 4) is 5.69 Å². The van der Waals surface area contributed by atoms with Gasteiger partial charge in [-0.3, -0.25) is 9.59 Å². The Bertz CT molecular complexity index is 733. The van der Waals surface area contributed by atoms with E-state index in [2.05, 4.69) is 15.4 Å². The van der Waals surface area contributed by atoms with Crippen molar-refractivity contribution >= 4 is 24.2 Å². The van der Waals surface area contributed by atoms with Crippen LogP contribution in [0.4, 0.5) is 0 Å². The Balaban J connectivity index is 0.00000364. The van der Waals surface area contributed by atoms with Crippen LogP contribution in [0.1, 0.15) is 32.4 Å². The molecule has 2 rings (SSSR count). The molecule has 0 saturated heterocycles. The van der Waals surface area contributed by atoms with E-state index in [0.29, 0.717) is 0 Å². The Morgan fingerprint density at radius 1 is 1.22 bits per heavy atom. The van der Waals surface area contributed by atoms with Crippen molar-refractivity contribution in [1.82, 2.24) is 25.0 Å². The van der Waals surface area contributed by atoms with Gasteiger partial charge < -0.3 is 16.0 Å². The highest BCUT2D eigenvalue weighted by Gasteiger charge is 2.21. The summed E-state index contributed by atoms with van der Waals surface area (Å²) in [5.41, 5.74) is 7.65. The quantitative estimate of drug-likeness (QED) is 0.736. The van der Waals surface area contributed by atoms with E-state index in [1.165, 1.54) is 6.33 Å². The normalized spacial score (nSPS) is 12.8. The minimum Gasteiger partial charge on any atom is -0.346 e. The Morgan fingerprint density at radius 2 is 1.85 bits per heavy atom. The second-order valence-electron chi connectivity index (χ2n) is 6.60. The lowest BCUT2D eigenvalue weighted by Gasteiger charge is -2.26. The van der Waals surface area contributed by atoms with Gasteiger partial charge in [0.2, 0.25) is 11.8 Å². The minimum absolute atomic E-state index is 0. The number of nitrogens with zero attached hydrogens (tertiary/aromatic N) is 4. The standard InChI is InChI=1S/C18H26N6O2.ClH/c1-12(2)17(19)18(26)21-9-16(25)23(4)13(3)14-5-7-15(8-6-14)24-11-20-10-22-24;/h5-8,10-13,17H,9,19H2,1-4H3,(H,21,26);1H/t13?,17-;/m0./s1. The van der Waals surface area contributed by atoms with E-state index in [0.717, 1.165) is 11.3 Å². The number of rotatable bonds is 7. The number of amides is 2. The molecule has 1 heterocycles. The van der Waals surface area contributed by atoms with Crippen LogP contribution in [0.2, 0.25) is 0 Å². The van der Waals surface area contributed by atoms with E-state index in [-0.39, 0.29) is 42.7 Å². The average Bonchev–Trinajstić information content (AvgIpc) is 3.18. The van der Waals surface area contributed by atoms with Crippen LogP contribution in [-0.2, 0) is 9.59 Å². The van der Waals surface area contributed by atoms with Gasteiger partial charge in [-0.2, -0.15) is 5.10 Å². The van der Waals surface area contributed by atoms with Crippen molar-refractivity contribution < 1.29 is 9.59 Å². The largest absolute Gasteiger partial charge is 0.346 e. The molecule has 0 aliphatic rings. The number of aromatic nitrogens is 3. The molecule has 0 aliphatic carbocycles. The first-order chi connectivity index (χ1) is 12.3. The van der Waals surface area contributed by atoms with Gasteiger partial charge in [0.15, 0.2) is 0 Å². The molecule has 0 spiro atoms. The Kier molecular flexibility index (Phi) is 8.39. The molecule has 9 heteroatoms. The van der Waals surface area contributed by atoms with Crippen LogP contribution >= 0.6 is 12.4 Å². The predicted octanol–water partition coefficient (Wildman–Crippen LogP) is 1.31. The molecule has 8 nitrogen and oxygen atoms in total. The Morgan fingerprint density at radius 3 is 2.37 bits per heavy atom. The summed E-state index contributed by atoms with van der Waals surface area (Å²) in [7, 11) is 1.72. The summed E-state index contributed by atoms with van der Waals surface area (Å²) in [4.78, 5) is 29.8. The first kappa shape index (κ1) is 22.6. The highest BCUT2D eigenvalue weighted by Crippen LogP contribution is 2.20. The van der Waals surface area contributed by atoms with Crippen molar-refractivity contribution in [2.75, 3.05) is 13.6 Å². The third-order valence-electron chi connectivity index (χ3n) is 4.47. The summed E-state index contributed by atoms with van der Waals surface area (Å²) in [5, 5.41) is 6.69. The molecule has 3 N–H and O–H groups in total. The molecule has 1 unspecified atom stereocenters. The van der Waals surface area contributed by atoms with Gasteiger partial charge in [-0.25, -0.2) is 9.67 Å². The first-order valence-electron chi connectivity index (χ1n) is 8.55. The summed E-state index contributed by atoms with van der Waals surface area (Å²) >= 11 is 0. The third kappa shape index (κ3) is 5.77. The van der Waals surface area contributed by atoms with Crippen LogP contribution in [0.15, 0.2) is 36.9 Å². The number of benzene rings is 1. The number of carbonyl (C=O) groups is 2. The van der Waals surface area contributed by atoms with E-state index < -0.39 is 6.04 Å².